The van der Waals surface area contributed by atoms with Gasteiger partial charge in [0.15, 0.2) is 0 Å². The molecule has 1 N–H and O–H groups in total. The zero-order chi connectivity index (χ0) is 13.4. The summed E-state index contributed by atoms with van der Waals surface area (Å²) < 4.78 is 1.57. The van der Waals surface area contributed by atoms with Crippen LogP contribution in [-0.4, -0.2) is 21.5 Å². The number of rotatable bonds is 1. The second-order valence-electron chi connectivity index (χ2n) is 5.16. The summed E-state index contributed by atoms with van der Waals surface area (Å²) in [5, 5.41) is 3.44. The fourth-order valence-corrected chi connectivity index (χ4v) is 2.66. The molecule has 1 aliphatic rings. The molecule has 1 aliphatic heterocycles. The smallest absolute Gasteiger partial charge is 0.258 e. The average molecular weight is 255 g/mol. The van der Waals surface area contributed by atoms with Gasteiger partial charge < -0.3 is 5.32 Å². The molecule has 2 aromatic heterocycles. The first-order valence-electron chi connectivity index (χ1n) is 6.59. The second kappa shape index (κ2) is 4.63. The molecule has 0 spiro atoms. The quantitative estimate of drug-likeness (QED) is 0.846. The van der Waals surface area contributed by atoms with Crippen LogP contribution in [0.25, 0.3) is 11.2 Å². The first-order chi connectivity index (χ1) is 9.13. The van der Waals surface area contributed by atoms with Gasteiger partial charge in [0, 0.05) is 24.3 Å². The standard InChI is InChI=1S/C15H17N3O/c1-10-7-12(8-11(2)16-10)13-9-15(19)18-6-4-3-5-14(18)17-13/h3-7,9-11,16H,8H2,1-2H3/t10-,11-/m0/s1. The van der Waals surface area contributed by atoms with E-state index < -0.39 is 0 Å². The lowest BCUT2D eigenvalue weighted by atomic mass is 9.97. The van der Waals surface area contributed by atoms with E-state index in [9.17, 15) is 4.79 Å². The molecule has 0 radical (unpaired) electrons. The van der Waals surface area contributed by atoms with Gasteiger partial charge in [0.1, 0.15) is 5.65 Å². The highest BCUT2D eigenvalue weighted by molar-refractivity contribution is 5.66. The van der Waals surface area contributed by atoms with Crippen LogP contribution in [0.1, 0.15) is 26.0 Å². The maximum Gasteiger partial charge on any atom is 0.258 e. The van der Waals surface area contributed by atoms with Gasteiger partial charge in [-0.3, -0.25) is 9.20 Å². The van der Waals surface area contributed by atoms with Crippen molar-refractivity contribution >= 4 is 11.2 Å². The molecule has 0 unspecified atom stereocenters. The minimum Gasteiger partial charge on any atom is -0.308 e. The first-order valence-corrected chi connectivity index (χ1v) is 6.59. The minimum atomic E-state index is -0.0275. The van der Waals surface area contributed by atoms with E-state index in [1.165, 1.54) is 0 Å². The predicted octanol–water partition coefficient (Wildman–Crippen LogP) is 1.85. The Labute approximate surface area is 111 Å². The van der Waals surface area contributed by atoms with Crippen LogP contribution in [-0.2, 0) is 0 Å². The van der Waals surface area contributed by atoms with Gasteiger partial charge >= 0.3 is 0 Å². The van der Waals surface area contributed by atoms with Crippen molar-refractivity contribution in [1.82, 2.24) is 14.7 Å². The Hall–Kier alpha value is -1.94. The molecule has 0 saturated carbocycles. The third kappa shape index (κ3) is 2.31. The molecule has 4 heteroatoms. The summed E-state index contributed by atoms with van der Waals surface area (Å²) in [6.07, 6.45) is 4.80. The zero-order valence-electron chi connectivity index (χ0n) is 11.1. The van der Waals surface area contributed by atoms with Crippen molar-refractivity contribution in [2.75, 3.05) is 0 Å². The molecule has 0 aromatic carbocycles. The number of fused-ring (bicyclic) bond motifs is 1. The van der Waals surface area contributed by atoms with Gasteiger partial charge in [-0.05, 0) is 38.0 Å². The van der Waals surface area contributed by atoms with E-state index in [1.54, 1.807) is 16.7 Å². The summed E-state index contributed by atoms with van der Waals surface area (Å²) in [6, 6.07) is 7.95. The molecule has 19 heavy (non-hydrogen) atoms. The Morgan fingerprint density at radius 2 is 2.21 bits per heavy atom. The van der Waals surface area contributed by atoms with Crippen LogP contribution >= 0.6 is 0 Å². The number of nitrogens with one attached hydrogen (secondary N) is 1. The van der Waals surface area contributed by atoms with Gasteiger partial charge in [0.05, 0.1) is 5.69 Å². The SMILES string of the molecule is C[C@H]1C=C(c2cc(=O)n3ccccc3n2)C[C@H](C)N1. The summed E-state index contributed by atoms with van der Waals surface area (Å²) in [5.41, 5.74) is 2.63. The van der Waals surface area contributed by atoms with Gasteiger partial charge in [-0.1, -0.05) is 12.1 Å². The lowest BCUT2D eigenvalue weighted by Crippen LogP contribution is -2.37. The Kier molecular flexibility index (Phi) is 2.95. The summed E-state index contributed by atoms with van der Waals surface area (Å²) in [5.74, 6) is 0. The maximum absolute atomic E-state index is 12.1. The van der Waals surface area contributed by atoms with Crippen LogP contribution in [0.3, 0.4) is 0 Å². The molecule has 0 bridgehead atoms. The summed E-state index contributed by atoms with van der Waals surface area (Å²) in [4.78, 5) is 16.7. The lowest BCUT2D eigenvalue weighted by Gasteiger charge is -2.25. The molecular formula is C15H17N3O. The van der Waals surface area contributed by atoms with E-state index in [2.05, 4.69) is 30.2 Å². The molecule has 4 nitrogen and oxygen atoms in total. The molecule has 0 fully saturated rings. The maximum atomic E-state index is 12.1. The van der Waals surface area contributed by atoms with Crippen LogP contribution in [0, 0.1) is 0 Å². The van der Waals surface area contributed by atoms with Crippen LogP contribution in [0.5, 0.6) is 0 Å². The highest BCUT2D eigenvalue weighted by atomic mass is 16.1. The molecule has 3 rings (SSSR count). The summed E-state index contributed by atoms with van der Waals surface area (Å²) in [6.45, 7) is 4.26. The molecule has 2 atom stereocenters. The first kappa shape index (κ1) is 12.1. The third-order valence-electron chi connectivity index (χ3n) is 3.42. The fourth-order valence-electron chi connectivity index (χ4n) is 2.66. The van der Waals surface area contributed by atoms with Crippen molar-refractivity contribution in [1.29, 1.82) is 0 Å². The van der Waals surface area contributed by atoms with Crippen molar-refractivity contribution < 1.29 is 0 Å². The monoisotopic (exact) mass is 255 g/mol. The predicted molar refractivity (Wildman–Crippen MR) is 76.1 cm³/mol. The van der Waals surface area contributed by atoms with Crippen molar-refractivity contribution in [2.45, 2.75) is 32.4 Å². The van der Waals surface area contributed by atoms with Crippen molar-refractivity contribution in [2.24, 2.45) is 0 Å². The highest BCUT2D eigenvalue weighted by Gasteiger charge is 2.17. The van der Waals surface area contributed by atoms with Gasteiger partial charge in [0.2, 0.25) is 0 Å². The molecule has 98 valence electrons. The number of pyridine rings is 1. The molecule has 2 aromatic rings. The van der Waals surface area contributed by atoms with Crippen LogP contribution in [0.15, 0.2) is 41.3 Å². The molecule has 0 amide bonds. The molecular weight excluding hydrogens is 238 g/mol. The Bertz CT molecular complexity index is 702. The molecule has 0 saturated heterocycles. The minimum absolute atomic E-state index is 0.0275. The lowest BCUT2D eigenvalue weighted by molar-refractivity contribution is 0.506. The van der Waals surface area contributed by atoms with E-state index in [4.69, 9.17) is 0 Å². The largest absolute Gasteiger partial charge is 0.308 e. The van der Waals surface area contributed by atoms with Gasteiger partial charge in [-0.25, -0.2) is 4.98 Å². The number of aromatic nitrogens is 2. The topological polar surface area (TPSA) is 46.4 Å². The summed E-state index contributed by atoms with van der Waals surface area (Å²) >= 11 is 0. The number of hydrogen-bond acceptors (Lipinski definition) is 3. The van der Waals surface area contributed by atoms with Crippen LogP contribution in [0.2, 0.25) is 0 Å². The van der Waals surface area contributed by atoms with E-state index in [1.807, 2.05) is 18.2 Å². The molecule has 3 heterocycles. The molecule has 0 aliphatic carbocycles. The average Bonchev–Trinajstić information content (AvgIpc) is 2.37. The van der Waals surface area contributed by atoms with Crippen LogP contribution < -0.4 is 10.9 Å². The van der Waals surface area contributed by atoms with Crippen molar-refractivity contribution in [3.05, 3.63) is 52.6 Å². The third-order valence-corrected chi connectivity index (χ3v) is 3.42. The summed E-state index contributed by atoms with van der Waals surface area (Å²) in [7, 11) is 0. The van der Waals surface area contributed by atoms with Crippen molar-refractivity contribution in [3.63, 3.8) is 0 Å². The Balaban J connectivity index is 2.13. The number of nitrogens with zero attached hydrogens (tertiary/aromatic N) is 2. The second-order valence-corrected chi connectivity index (χ2v) is 5.16. The fraction of sp³-hybridized carbons (Fsp3) is 0.333. The van der Waals surface area contributed by atoms with E-state index in [0.717, 1.165) is 17.7 Å². The normalized spacial score (nSPS) is 23.4. The van der Waals surface area contributed by atoms with Crippen molar-refractivity contribution in [3.8, 4) is 0 Å². The van der Waals surface area contributed by atoms with Gasteiger partial charge in [-0.15, -0.1) is 0 Å². The Morgan fingerprint density at radius 1 is 1.37 bits per heavy atom. The van der Waals surface area contributed by atoms with Gasteiger partial charge in [0.25, 0.3) is 5.56 Å². The zero-order valence-corrected chi connectivity index (χ0v) is 11.1. The van der Waals surface area contributed by atoms with Gasteiger partial charge in [-0.2, -0.15) is 0 Å². The number of hydrogen-bond donors (Lipinski definition) is 1. The highest BCUT2D eigenvalue weighted by Crippen LogP contribution is 2.22. The van der Waals surface area contributed by atoms with E-state index in [0.29, 0.717) is 17.7 Å². The van der Waals surface area contributed by atoms with E-state index >= 15 is 0 Å². The van der Waals surface area contributed by atoms with E-state index in [-0.39, 0.29) is 5.56 Å². The Morgan fingerprint density at radius 3 is 3.00 bits per heavy atom. The van der Waals surface area contributed by atoms with Crippen LogP contribution in [0.4, 0.5) is 0 Å².